The molecule has 1 aromatic heterocycles. The zero-order chi connectivity index (χ0) is 13.1. The first kappa shape index (κ1) is 12.9. The summed E-state index contributed by atoms with van der Waals surface area (Å²) in [7, 11) is 0. The van der Waals surface area contributed by atoms with Gasteiger partial charge in [-0.05, 0) is 31.7 Å². The maximum absolute atomic E-state index is 4.58. The van der Waals surface area contributed by atoms with Crippen LogP contribution in [0, 0.1) is 5.92 Å². The number of nitrogens with zero attached hydrogens (tertiary/aromatic N) is 3. The Bertz CT molecular complexity index is 403. The van der Waals surface area contributed by atoms with Crippen molar-refractivity contribution in [2.75, 3.05) is 18.0 Å². The summed E-state index contributed by atoms with van der Waals surface area (Å²) in [5.41, 5.74) is 1.17. The van der Waals surface area contributed by atoms with Gasteiger partial charge in [0.1, 0.15) is 0 Å². The van der Waals surface area contributed by atoms with E-state index in [0.717, 1.165) is 31.5 Å². The number of hydrogen-bond donors (Lipinski definition) is 1. The molecule has 2 unspecified atom stereocenters. The van der Waals surface area contributed by atoms with Crippen LogP contribution in [0.25, 0.3) is 0 Å². The molecule has 2 aliphatic rings. The summed E-state index contributed by atoms with van der Waals surface area (Å²) < 4.78 is 0. The van der Waals surface area contributed by atoms with E-state index in [2.05, 4.69) is 27.1 Å². The van der Waals surface area contributed by atoms with Crippen molar-refractivity contribution < 1.29 is 0 Å². The molecule has 1 saturated carbocycles. The van der Waals surface area contributed by atoms with Crippen LogP contribution in [-0.4, -0.2) is 29.1 Å². The number of fused-ring (bicyclic) bond motifs is 1. The fraction of sp³-hybridized carbons (Fsp3) is 0.733. The molecule has 2 fully saturated rings. The summed E-state index contributed by atoms with van der Waals surface area (Å²) >= 11 is 0. The summed E-state index contributed by atoms with van der Waals surface area (Å²) in [6.45, 7) is 5.10. The third-order valence-corrected chi connectivity index (χ3v) is 4.54. The van der Waals surface area contributed by atoms with Crippen LogP contribution in [0.4, 0.5) is 5.95 Å². The quantitative estimate of drug-likeness (QED) is 0.902. The zero-order valence-electron chi connectivity index (χ0n) is 11.8. The molecule has 1 N–H and O–H groups in total. The van der Waals surface area contributed by atoms with Crippen molar-refractivity contribution in [3.63, 3.8) is 0 Å². The van der Waals surface area contributed by atoms with Gasteiger partial charge in [-0.1, -0.05) is 19.8 Å². The van der Waals surface area contributed by atoms with E-state index in [0.29, 0.717) is 6.04 Å². The van der Waals surface area contributed by atoms with Crippen LogP contribution < -0.4 is 10.2 Å². The highest BCUT2D eigenvalue weighted by Crippen LogP contribution is 2.37. The van der Waals surface area contributed by atoms with E-state index in [1.54, 1.807) is 0 Å². The largest absolute Gasteiger partial charge is 0.338 e. The Morgan fingerprint density at radius 1 is 1.21 bits per heavy atom. The van der Waals surface area contributed by atoms with Gasteiger partial charge in [0.15, 0.2) is 0 Å². The van der Waals surface area contributed by atoms with Crippen LogP contribution in [0.2, 0.25) is 0 Å². The Kier molecular flexibility index (Phi) is 3.97. The van der Waals surface area contributed by atoms with Crippen molar-refractivity contribution in [2.45, 2.75) is 51.6 Å². The minimum Gasteiger partial charge on any atom is -0.338 e. The van der Waals surface area contributed by atoms with Gasteiger partial charge in [-0.2, -0.15) is 0 Å². The molecule has 0 spiro atoms. The molecule has 2 atom stereocenters. The number of rotatable bonds is 4. The van der Waals surface area contributed by atoms with Crippen molar-refractivity contribution in [1.82, 2.24) is 15.3 Å². The second-order valence-electron chi connectivity index (χ2n) is 5.77. The molecule has 0 bridgehead atoms. The molecule has 104 valence electrons. The van der Waals surface area contributed by atoms with Crippen molar-refractivity contribution >= 4 is 5.95 Å². The Morgan fingerprint density at radius 3 is 2.79 bits per heavy atom. The highest BCUT2D eigenvalue weighted by atomic mass is 15.3. The fourth-order valence-corrected chi connectivity index (χ4v) is 3.51. The van der Waals surface area contributed by atoms with Crippen LogP contribution in [0.1, 0.15) is 44.6 Å². The van der Waals surface area contributed by atoms with Gasteiger partial charge in [-0.15, -0.1) is 0 Å². The van der Waals surface area contributed by atoms with Gasteiger partial charge in [-0.25, -0.2) is 9.97 Å². The lowest BCUT2D eigenvalue weighted by atomic mass is 9.85. The number of anilines is 1. The molecule has 4 heteroatoms. The molecular weight excluding hydrogens is 236 g/mol. The molecule has 1 aromatic rings. The minimum absolute atomic E-state index is 0.702. The van der Waals surface area contributed by atoms with E-state index in [4.69, 9.17) is 0 Å². The molecule has 3 rings (SSSR count). The molecular formula is C15H24N4. The first-order valence-electron chi connectivity index (χ1n) is 7.66. The number of hydrogen-bond acceptors (Lipinski definition) is 4. The predicted molar refractivity (Wildman–Crippen MR) is 77.1 cm³/mol. The minimum atomic E-state index is 0.702. The van der Waals surface area contributed by atoms with Gasteiger partial charge in [0.2, 0.25) is 5.95 Å². The average Bonchev–Trinajstić information content (AvgIpc) is 2.90. The second kappa shape index (κ2) is 5.87. The van der Waals surface area contributed by atoms with Gasteiger partial charge in [0.25, 0.3) is 0 Å². The molecule has 4 nitrogen and oxygen atoms in total. The Labute approximate surface area is 115 Å². The summed E-state index contributed by atoms with van der Waals surface area (Å²) in [6, 6.07) is 0.702. The fourth-order valence-electron chi connectivity index (χ4n) is 3.51. The molecule has 2 heterocycles. The van der Waals surface area contributed by atoms with Crippen LogP contribution in [-0.2, 0) is 6.54 Å². The van der Waals surface area contributed by atoms with Gasteiger partial charge in [-0.3, -0.25) is 0 Å². The maximum Gasteiger partial charge on any atom is 0.225 e. The van der Waals surface area contributed by atoms with Crippen LogP contribution in [0.5, 0.6) is 0 Å². The van der Waals surface area contributed by atoms with Gasteiger partial charge in [0, 0.05) is 37.1 Å². The van der Waals surface area contributed by atoms with E-state index in [-0.39, 0.29) is 0 Å². The monoisotopic (exact) mass is 260 g/mol. The third kappa shape index (κ3) is 2.73. The van der Waals surface area contributed by atoms with Gasteiger partial charge >= 0.3 is 0 Å². The zero-order valence-corrected chi connectivity index (χ0v) is 11.8. The lowest BCUT2D eigenvalue weighted by Gasteiger charge is -2.31. The Morgan fingerprint density at radius 2 is 2.00 bits per heavy atom. The molecule has 1 aliphatic carbocycles. The van der Waals surface area contributed by atoms with Crippen LogP contribution >= 0.6 is 0 Å². The third-order valence-electron chi connectivity index (χ3n) is 4.54. The molecule has 0 radical (unpaired) electrons. The van der Waals surface area contributed by atoms with E-state index in [9.17, 15) is 0 Å². The van der Waals surface area contributed by atoms with Crippen molar-refractivity contribution in [2.24, 2.45) is 5.92 Å². The first-order chi connectivity index (χ1) is 9.38. The van der Waals surface area contributed by atoms with E-state index in [1.807, 2.05) is 12.4 Å². The topological polar surface area (TPSA) is 41.1 Å². The first-order valence-corrected chi connectivity index (χ1v) is 7.66. The summed E-state index contributed by atoms with van der Waals surface area (Å²) in [5.74, 6) is 1.83. The summed E-state index contributed by atoms with van der Waals surface area (Å²) in [6.07, 6.45) is 10.8. The Hall–Kier alpha value is -1.16. The normalized spacial score (nSPS) is 26.5. The lowest BCUT2D eigenvalue weighted by Crippen LogP contribution is -2.35. The molecule has 1 saturated heterocycles. The summed E-state index contributed by atoms with van der Waals surface area (Å²) in [5, 5.41) is 3.31. The Balaban J connectivity index is 1.68. The average molecular weight is 260 g/mol. The van der Waals surface area contributed by atoms with Crippen molar-refractivity contribution in [1.29, 1.82) is 0 Å². The second-order valence-corrected chi connectivity index (χ2v) is 5.77. The van der Waals surface area contributed by atoms with E-state index in [1.165, 1.54) is 37.7 Å². The van der Waals surface area contributed by atoms with Crippen molar-refractivity contribution in [3.8, 4) is 0 Å². The van der Waals surface area contributed by atoms with Crippen LogP contribution in [0.3, 0.4) is 0 Å². The van der Waals surface area contributed by atoms with E-state index < -0.39 is 0 Å². The van der Waals surface area contributed by atoms with Crippen molar-refractivity contribution in [3.05, 3.63) is 18.0 Å². The van der Waals surface area contributed by atoms with Gasteiger partial charge in [0.05, 0.1) is 0 Å². The highest BCUT2D eigenvalue weighted by molar-refractivity contribution is 5.34. The SMILES string of the molecule is CCNCc1cnc(N2CCC3CCCCC32)nc1. The molecule has 0 aromatic carbocycles. The van der Waals surface area contributed by atoms with E-state index >= 15 is 0 Å². The smallest absolute Gasteiger partial charge is 0.225 e. The highest BCUT2D eigenvalue weighted by Gasteiger charge is 2.36. The number of aromatic nitrogens is 2. The maximum atomic E-state index is 4.58. The number of nitrogens with one attached hydrogen (secondary N) is 1. The van der Waals surface area contributed by atoms with Crippen LogP contribution in [0.15, 0.2) is 12.4 Å². The predicted octanol–water partition coefficient (Wildman–Crippen LogP) is 2.36. The van der Waals surface area contributed by atoms with Gasteiger partial charge < -0.3 is 10.2 Å². The summed E-state index contributed by atoms with van der Waals surface area (Å²) in [4.78, 5) is 11.6. The molecule has 19 heavy (non-hydrogen) atoms. The molecule has 0 amide bonds. The standard InChI is InChI=1S/C15H24N4/c1-2-16-9-12-10-17-15(18-11-12)19-8-7-13-5-3-4-6-14(13)19/h10-11,13-14,16H,2-9H2,1H3. The molecule has 1 aliphatic heterocycles. The lowest BCUT2D eigenvalue weighted by molar-refractivity contribution is 0.341.